The number of hydrogen-bond donors (Lipinski definition) is 3. The molecule has 184 valence electrons. The molecular weight excluding hydrogens is 450 g/mol. The summed E-state index contributed by atoms with van der Waals surface area (Å²) in [6, 6.07) is 8.43. The second kappa shape index (κ2) is 10.1. The number of amides is 1. The van der Waals surface area contributed by atoms with E-state index in [9.17, 15) is 14.7 Å². The van der Waals surface area contributed by atoms with Gasteiger partial charge in [0.05, 0.1) is 11.4 Å². The van der Waals surface area contributed by atoms with Crippen molar-refractivity contribution < 1.29 is 24.3 Å². The van der Waals surface area contributed by atoms with Crippen LogP contribution in [0.4, 0.5) is 5.69 Å². The molecule has 0 atom stereocenters. The summed E-state index contributed by atoms with van der Waals surface area (Å²) in [6.45, 7) is 6.68. The molecule has 1 fully saturated rings. The number of carbonyl (C=O) groups excluding carboxylic acids is 1. The molecule has 1 aromatic carbocycles. The molecule has 3 N–H and O–H groups in total. The first kappa shape index (κ1) is 24.2. The Hall–Kier alpha value is -3.95. The molecule has 1 aliphatic rings. The van der Waals surface area contributed by atoms with Crippen LogP contribution in [0.25, 0.3) is 11.1 Å². The Bertz CT molecular complexity index is 1210. The van der Waals surface area contributed by atoms with Gasteiger partial charge in [0.1, 0.15) is 18.1 Å². The zero-order valence-electron chi connectivity index (χ0n) is 20.0. The molecule has 10 nitrogen and oxygen atoms in total. The van der Waals surface area contributed by atoms with E-state index < -0.39 is 18.4 Å². The van der Waals surface area contributed by atoms with E-state index >= 15 is 0 Å². The summed E-state index contributed by atoms with van der Waals surface area (Å²) in [5.74, 6) is -0.605. The number of aliphatic carboxylic acids is 1. The van der Waals surface area contributed by atoms with Crippen LogP contribution >= 0.6 is 0 Å². The molecule has 0 unspecified atom stereocenters. The average molecular weight is 480 g/mol. The van der Waals surface area contributed by atoms with Crippen molar-refractivity contribution in [1.82, 2.24) is 20.4 Å². The second-order valence-corrected chi connectivity index (χ2v) is 8.88. The minimum Gasteiger partial charge on any atom is -0.504 e. The van der Waals surface area contributed by atoms with Crippen LogP contribution in [-0.4, -0.2) is 56.8 Å². The number of aromatic hydroxyl groups is 1. The van der Waals surface area contributed by atoms with Crippen LogP contribution in [0.2, 0.25) is 0 Å². The average Bonchev–Trinajstić information content (AvgIpc) is 3.18. The van der Waals surface area contributed by atoms with Crippen molar-refractivity contribution in [2.24, 2.45) is 5.92 Å². The SMILES string of the molecule is Cc1nc(CC2CCN(c3ccc(-c4c(C)noc4C)cc3)CC2)nc(C(=O)NCC(=O)O)c1O. The quantitative estimate of drug-likeness (QED) is 0.466. The maximum absolute atomic E-state index is 12.3. The van der Waals surface area contributed by atoms with Gasteiger partial charge >= 0.3 is 5.97 Å². The van der Waals surface area contributed by atoms with Crippen molar-refractivity contribution in [1.29, 1.82) is 0 Å². The minimum atomic E-state index is -1.17. The number of benzene rings is 1. The second-order valence-electron chi connectivity index (χ2n) is 8.88. The van der Waals surface area contributed by atoms with Gasteiger partial charge in [0, 0.05) is 30.8 Å². The fourth-order valence-electron chi connectivity index (χ4n) is 4.50. The molecule has 2 aromatic heterocycles. The van der Waals surface area contributed by atoms with Crippen molar-refractivity contribution in [3.63, 3.8) is 0 Å². The van der Waals surface area contributed by atoms with Gasteiger partial charge < -0.3 is 25.0 Å². The number of aryl methyl sites for hydroxylation is 3. The van der Waals surface area contributed by atoms with E-state index in [1.807, 2.05) is 13.8 Å². The van der Waals surface area contributed by atoms with E-state index in [-0.39, 0.29) is 11.4 Å². The molecule has 0 bridgehead atoms. The normalized spacial score (nSPS) is 14.2. The first-order chi connectivity index (χ1) is 16.7. The number of anilines is 1. The maximum atomic E-state index is 12.3. The van der Waals surface area contributed by atoms with Crippen LogP contribution in [0.3, 0.4) is 0 Å². The summed E-state index contributed by atoms with van der Waals surface area (Å²) in [5.41, 5.74) is 4.27. The summed E-state index contributed by atoms with van der Waals surface area (Å²) >= 11 is 0. The molecule has 10 heteroatoms. The summed E-state index contributed by atoms with van der Waals surface area (Å²) in [7, 11) is 0. The number of carbonyl (C=O) groups is 2. The topological polar surface area (TPSA) is 142 Å². The standard InChI is InChI=1S/C25H29N5O5/c1-14-22(16(3)35-29-14)18-4-6-19(7-5-18)30-10-8-17(9-11-30)12-20-27-15(2)24(33)23(28-20)25(34)26-13-21(31)32/h4-7,17,33H,8-13H2,1-3H3,(H,26,34)(H,31,32). The third-order valence-corrected chi connectivity index (χ3v) is 6.36. The van der Waals surface area contributed by atoms with E-state index in [4.69, 9.17) is 9.63 Å². The van der Waals surface area contributed by atoms with Gasteiger partial charge in [0.15, 0.2) is 11.4 Å². The third kappa shape index (κ3) is 5.42. The lowest BCUT2D eigenvalue weighted by molar-refractivity contribution is -0.135. The number of nitrogens with one attached hydrogen (secondary N) is 1. The molecule has 3 heterocycles. The lowest BCUT2D eigenvalue weighted by atomic mass is 9.92. The van der Waals surface area contributed by atoms with Gasteiger partial charge in [-0.25, -0.2) is 9.97 Å². The molecule has 3 aromatic rings. The molecule has 0 radical (unpaired) electrons. The zero-order valence-corrected chi connectivity index (χ0v) is 20.0. The Morgan fingerprint density at radius 1 is 1.09 bits per heavy atom. The number of hydrogen-bond acceptors (Lipinski definition) is 8. The van der Waals surface area contributed by atoms with Gasteiger partial charge in [0.25, 0.3) is 5.91 Å². The third-order valence-electron chi connectivity index (χ3n) is 6.36. The highest BCUT2D eigenvalue weighted by Crippen LogP contribution is 2.31. The Kier molecular flexibility index (Phi) is 6.99. The van der Waals surface area contributed by atoms with Crippen LogP contribution < -0.4 is 10.2 Å². The monoisotopic (exact) mass is 479 g/mol. The summed E-state index contributed by atoms with van der Waals surface area (Å²) in [5, 5.41) is 25.2. The Balaban J connectivity index is 1.38. The first-order valence-electron chi connectivity index (χ1n) is 11.6. The van der Waals surface area contributed by atoms with Crippen molar-refractivity contribution in [3.05, 3.63) is 52.9 Å². The van der Waals surface area contributed by atoms with Crippen LogP contribution in [0.15, 0.2) is 28.8 Å². The summed E-state index contributed by atoms with van der Waals surface area (Å²) < 4.78 is 5.28. The number of carboxylic acid groups (broad SMARTS) is 1. The molecule has 35 heavy (non-hydrogen) atoms. The van der Waals surface area contributed by atoms with Gasteiger partial charge in [-0.05, 0) is 57.2 Å². The lowest BCUT2D eigenvalue weighted by Crippen LogP contribution is -2.34. The number of rotatable bonds is 7. The van der Waals surface area contributed by atoms with Gasteiger partial charge in [-0.1, -0.05) is 17.3 Å². The fraction of sp³-hybridized carbons (Fsp3) is 0.400. The summed E-state index contributed by atoms with van der Waals surface area (Å²) in [4.78, 5) is 33.9. The van der Waals surface area contributed by atoms with Gasteiger partial charge in [-0.3, -0.25) is 9.59 Å². The largest absolute Gasteiger partial charge is 0.504 e. The van der Waals surface area contributed by atoms with E-state index in [2.05, 4.69) is 49.6 Å². The Morgan fingerprint density at radius 2 is 1.77 bits per heavy atom. The molecule has 1 amide bonds. The predicted octanol–water partition coefficient (Wildman–Crippen LogP) is 3.04. The number of piperidine rings is 1. The lowest BCUT2D eigenvalue weighted by Gasteiger charge is -2.33. The van der Waals surface area contributed by atoms with Crippen molar-refractivity contribution in [3.8, 4) is 16.9 Å². The smallest absolute Gasteiger partial charge is 0.322 e. The maximum Gasteiger partial charge on any atom is 0.322 e. The van der Waals surface area contributed by atoms with Crippen LogP contribution in [0.5, 0.6) is 5.75 Å². The van der Waals surface area contributed by atoms with E-state index in [0.29, 0.717) is 23.9 Å². The van der Waals surface area contributed by atoms with E-state index in [0.717, 1.165) is 54.2 Å². The summed E-state index contributed by atoms with van der Waals surface area (Å²) in [6.07, 6.45) is 2.46. The van der Waals surface area contributed by atoms with E-state index in [1.165, 1.54) is 0 Å². The Labute approximate surface area is 203 Å². The van der Waals surface area contributed by atoms with Crippen molar-refractivity contribution >= 4 is 17.6 Å². The molecular formula is C25H29N5O5. The van der Waals surface area contributed by atoms with E-state index in [1.54, 1.807) is 6.92 Å². The van der Waals surface area contributed by atoms with Crippen LogP contribution in [0, 0.1) is 26.7 Å². The highest BCUT2D eigenvalue weighted by molar-refractivity contribution is 5.96. The number of carboxylic acids is 1. The van der Waals surface area contributed by atoms with Crippen molar-refractivity contribution in [2.45, 2.75) is 40.0 Å². The molecule has 4 rings (SSSR count). The molecule has 1 saturated heterocycles. The van der Waals surface area contributed by atoms with Crippen LogP contribution in [-0.2, 0) is 11.2 Å². The molecule has 0 spiro atoms. The fourth-order valence-corrected chi connectivity index (χ4v) is 4.50. The first-order valence-corrected chi connectivity index (χ1v) is 11.6. The highest BCUT2D eigenvalue weighted by Gasteiger charge is 2.24. The van der Waals surface area contributed by atoms with Crippen LogP contribution in [0.1, 0.15) is 46.3 Å². The number of aromatic nitrogens is 3. The van der Waals surface area contributed by atoms with Gasteiger partial charge in [-0.15, -0.1) is 0 Å². The van der Waals surface area contributed by atoms with Gasteiger partial charge in [0.2, 0.25) is 0 Å². The highest BCUT2D eigenvalue weighted by atomic mass is 16.5. The molecule has 1 aliphatic heterocycles. The number of nitrogens with zero attached hydrogens (tertiary/aromatic N) is 4. The van der Waals surface area contributed by atoms with Gasteiger partial charge in [-0.2, -0.15) is 0 Å². The Morgan fingerprint density at radius 3 is 2.37 bits per heavy atom. The van der Waals surface area contributed by atoms with Crippen molar-refractivity contribution in [2.75, 3.05) is 24.5 Å². The molecule has 0 saturated carbocycles. The molecule has 0 aliphatic carbocycles. The zero-order chi connectivity index (χ0) is 25.1. The predicted molar refractivity (Wildman–Crippen MR) is 128 cm³/mol. The minimum absolute atomic E-state index is 0.190.